The Hall–Kier alpha value is -0.610. The van der Waals surface area contributed by atoms with Gasteiger partial charge in [0.15, 0.2) is 0 Å². The Morgan fingerprint density at radius 2 is 2.50 bits per heavy atom. The van der Waals surface area contributed by atoms with Gasteiger partial charge in [-0.25, -0.2) is 0 Å². The van der Waals surface area contributed by atoms with Gasteiger partial charge in [-0.2, -0.15) is 0 Å². The fourth-order valence-corrected chi connectivity index (χ4v) is 1.35. The quantitative estimate of drug-likeness (QED) is 0.568. The molecule has 12 heavy (non-hydrogen) atoms. The van der Waals surface area contributed by atoms with Gasteiger partial charge in [0.1, 0.15) is 0 Å². The van der Waals surface area contributed by atoms with Crippen LogP contribution >= 0.6 is 0 Å². The summed E-state index contributed by atoms with van der Waals surface area (Å²) >= 11 is 0. The Bertz CT molecular complexity index is 161. The summed E-state index contributed by atoms with van der Waals surface area (Å²) in [7, 11) is 1.43. The Morgan fingerprint density at radius 3 is 3.08 bits per heavy atom. The molecule has 1 atom stereocenters. The van der Waals surface area contributed by atoms with Crippen molar-refractivity contribution in [2.24, 2.45) is 0 Å². The van der Waals surface area contributed by atoms with E-state index in [0.717, 1.165) is 19.6 Å². The number of nitrogens with zero attached hydrogens (tertiary/aromatic N) is 1. The molecule has 4 nitrogen and oxygen atoms in total. The van der Waals surface area contributed by atoms with Crippen LogP contribution in [0.4, 0.5) is 0 Å². The van der Waals surface area contributed by atoms with Gasteiger partial charge in [-0.1, -0.05) is 0 Å². The minimum absolute atomic E-state index is 0.149. The summed E-state index contributed by atoms with van der Waals surface area (Å²) < 4.78 is 4.60. The maximum Gasteiger partial charge on any atom is 0.319 e. The van der Waals surface area contributed by atoms with E-state index in [9.17, 15) is 4.79 Å². The molecular weight excluding hydrogens is 156 g/mol. The van der Waals surface area contributed by atoms with Crippen LogP contribution in [0.3, 0.4) is 0 Å². The first-order valence-electron chi connectivity index (χ1n) is 4.25. The van der Waals surface area contributed by atoms with Crippen LogP contribution in [0.5, 0.6) is 0 Å². The predicted molar refractivity (Wildman–Crippen MR) is 45.9 cm³/mol. The number of methoxy groups -OCH3 is 1. The average molecular weight is 172 g/mol. The number of esters is 1. The summed E-state index contributed by atoms with van der Waals surface area (Å²) in [5, 5.41) is 3.26. The van der Waals surface area contributed by atoms with Crippen molar-refractivity contribution in [1.82, 2.24) is 10.2 Å². The van der Waals surface area contributed by atoms with Crippen LogP contribution < -0.4 is 5.32 Å². The number of carbonyl (C=O) groups excluding carboxylic acids is 1. The summed E-state index contributed by atoms with van der Waals surface area (Å²) in [5.74, 6) is -0.149. The molecule has 1 rings (SSSR count). The van der Waals surface area contributed by atoms with Crippen LogP contribution in [-0.4, -0.2) is 50.2 Å². The monoisotopic (exact) mass is 172 g/mol. The van der Waals surface area contributed by atoms with Crippen molar-refractivity contribution < 1.29 is 9.53 Å². The summed E-state index contributed by atoms with van der Waals surface area (Å²) in [6.07, 6.45) is 0. The van der Waals surface area contributed by atoms with Gasteiger partial charge in [0, 0.05) is 25.7 Å². The number of piperazine rings is 1. The van der Waals surface area contributed by atoms with Gasteiger partial charge in [-0.15, -0.1) is 0 Å². The summed E-state index contributed by atoms with van der Waals surface area (Å²) in [4.78, 5) is 13.1. The molecule has 0 aromatic rings. The third-order valence-corrected chi connectivity index (χ3v) is 2.20. The molecule has 0 aliphatic carbocycles. The number of rotatable bonds is 2. The molecule has 0 radical (unpaired) electrons. The molecule has 0 aromatic heterocycles. The summed E-state index contributed by atoms with van der Waals surface area (Å²) in [6, 6.07) is 0.429. The van der Waals surface area contributed by atoms with Crippen molar-refractivity contribution in [2.45, 2.75) is 13.0 Å². The zero-order valence-electron chi connectivity index (χ0n) is 7.67. The minimum Gasteiger partial charge on any atom is -0.468 e. The Labute approximate surface area is 72.9 Å². The van der Waals surface area contributed by atoms with Gasteiger partial charge in [-0.05, 0) is 6.92 Å². The van der Waals surface area contributed by atoms with Crippen molar-refractivity contribution in [2.75, 3.05) is 33.3 Å². The van der Waals surface area contributed by atoms with Gasteiger partial charge in [0.25, 0.3) is 0 Å². The first-order valence-corrected chi connectivity index (χ1v) is 4.25. The molecule has 1 aliphatic heterocycles. The largest absolute Gasteiger partial charge is 0.468 e. The summed E-state index contributed by atoms with van der Waals surface area (Å²) in [6.45, 7) is 5.36. The standard InChI is InChI=1S/C8H16N2O2/c1-7-5-9-3-4-10(7)6-8(11)12-2/h7,9H,3-6H2,1-2H3/t7-/m0/s1. The molecule has 1 N–H and O–H groups in total. The lowest BCUT2D eigenvalue weighted by molar-refractivity contribution is -0.142. The topological polar surface area (TPSA) is 41.6 Å². The molecule has 1 saturated heterocycles. The van der Waals surface area contributed by atoms with Crippen molar-refractivity contribution in [3.63, 3.8) is 0 Å². The van der Waals surface area contributed by atoms with Crippen molar-refractivity contribution in [3.05, 3.63) is 0 Å². The van der Waals surface area contributed by atoms with E-state index in [-0.39, 0.29) is 5.97 Å². The van der Waals surface area contributed by atoms with Gasteiger partial charge >= 0.3 is 5.97 Å². The van der Waals surface area contributed by atoms with Crippen LogP contribution in [0.25, 0.3) is 0 Å². The van der Waals surface area contributed by atoms with Crippen molar-refractivity contribution in [3.8, 4) is 0 Å². The van der Waals surface area contributed by atoms with Gasteiger partial charge in [0.05, 0.1) is 13.7 Å². The second kappa shape index (κ2) is 4.42. The third kappa shape index (κ3) is 2.46. The smallest absolute Gasteiger partial charge is 0.319 e. The first-order chi connectivity index (χ1) is 5.74. The highest BCUT2D eigenvalue weighted by atomic mass is 16.5. The van der Waals surface area contributed by atoms with Crippen LogP contribution in [0, 0.1) is 0 Å². The van der Waals surface area contributed by atoms with E-state index >= 15 is 0 Å². The average Bonchev–Trinajstić information content (AvgIpc) is 2.09. The van der Waals surface area contributed by atoms with Gasteiger partial charge in [-0.3, -0.25) is 9.69 Å². The number of carbonyl (C=O) groups is 1. The molecule has 0 bridgehead atoms. The second-order valence-electron chi connectivity index (χ2n) is 3.10. The molecule has 0 amide bonds. The number of ether oxygens (including phenoxy) is 1. The number of hydrogen-bond acceptors (Lipinski definition) is 4. The first kappa shape index (κ1) is 9.48. The zero-order valence-corrected chi connectivity index (χ0v) is 7.67. The molecule has 1 fully saturated rings. The van der Waals surface area contributed by atoms with E-state index in [1.54, 1.807) is 0 Å². The predicted octanol–water partition coefficient (Wildman–Crippen LogP) is -0.547. The Kier molecular flexibility index (Phi) is 3.49. The molecule has 0 aromatic carbocycles. The van der Waals surface area contributed by atoms with E-state index in [1.807, 2.05) is 0 Å². The zero-order chi connectivity index (χ0) is 8.97. The van der Waals surface area contributed by atoms with Gasteiger partial charge in [0.2, 0.25) is 0 Å². The van der Waals surface area contributed by atoms with Crippen molar-refractivity contribution in [1.29, 1.82) is 0 Å². The molecule has 0 spiro atoms. The van der Waals surface area contributed by atoms with E-state index in [0.29, 0.717) is 12.6 Å². The molecule has 4 heteroatoms. The summed E-state index contributed by atoms with van der Waals surface area (Å²) in [5.41, 5.74) is 0. The van der Waals surface area contributed by atoms with Crippen LogP contribution in [0.15, 0.2) is 0 Å². The highest BCUT2D eigenvalue weighted by molar-refractivity contribution is 5.71. The van der Waals surface area contributed by atoms with Crippen LogP contribution in [0.2, 0.25) is 0 Å². The van der Waals surface area contributed by atoms with Crippen LogP contribution in [-0.2, 0) is 9.53 Å². The Morgan fingerprint density at radius 1 is 1.75 bits per heavy atom. The molecule has 0 unspecified atom stereocenters. The fourth-order valence-electron chi connectivity index (χ4n) is 1.35. The van der Waals surface area contributed by atoms with Gasteiger partial charge < -0.3 is 10.1 Å². The molecule has 1 aliphatic rings. The molecule has 1 heterocycles. The third-order valence-electron chi connectivity index (χ3n) is 2.20. The normalized spacial score (nSPS) is 25.3. The molecular formula is C8H16N2O2. The van der Waals surface area contributed by atoms with Crippen molar-refractivity contribution >= 4 is 5.97 Å². The van der Waals surface area contributed by atoms with E-state index in [1.165, 1.54) is 7.11 Å². The molecule has 70 valence electrons. The number of nitrogens with one attached hydrogen (secondary N) is 1. The minimum atomic E-state index is -0.149. The highest BCUT2D eigenvalue weighted by Crippen LogP contribution is 2.01. The number of hydrogen-bond donors (Lipinski definition) is 1. The van der Waals surface area contributed by atoms with E-state index in [2.05, 4.69) is 21.9 Å². The molecule has 0 saturated carbocycles. The fraction of sp³-hybridized carbons (Fsp3) is 0.875. The maximum atomic E-state index is 10.9. The maximum absolute atomic E-state index is 10.9. The highest BCUT2D eigenvalue weighted by Gasteiger charge is 2.19. The van der Waals surface area contributed by atoms with E-state index < -0.39 is 0 Å². The lowest BCUT2D eigenvalue weighted by Crippen LogP contribution is -2.51. The van der Waals surface area contributed by atoms with Crippen LogP contribution in [0.1, 0.15) is 6.92 Å². The lowest BCUT2D eigenvalue weighted by Gasteiger charge is -2.32. The lowest BCUT2D eigenvalue weighted by atomic mass is 10.2. The SMILES string of the molecule is COC(=O)CN1CCNC[C@@H]1C. The Balaban J connectivity index is 2.33. The second-order valence-corrected chi connectivity index (χ2v) is 3.10. The van der Waals surface area contributed by atoms with E-state index in [4.69, 9.17) is 0 Å².